The Labute approximate surface area is 53.9 Å². The van der Waals surface area contributed by atoms with Crippen LogP contribution in [0.1, 0.15) is 0 Å². The molecule has 0 bridgehead atoms. The fourth-order valence-electron chi connectivity index (χ4n) is 0. The normalized spacial score (nSPS) is 0. The van der Waals surface area contributed by atoms with Gasteiger partial charge in [-0.25, -0.2) is 0 Å². The summed E-state index contributed by atoms with van der Waals surface area (Å²) in [4.78, 5) is 0. The van der Waals surface area contributed by atoms with Crippen molar-refractivity contribution >= 4 is 0 Å². The van der Waals surface area contributed by atoms with E-state index in [4.69, 9.17) is 0 Å². The van der Waals surface area contributed by atoms with Gasteiger partial charge < -0.3 is 11.0 Å². The van der Waals surface area contributed by atoms with Crippen LogP contribution in [0.4, 0.5) is 0 Å². The van der Waals surface area contributed by atoms with E-state index in [0.29, 0.717) is 0 Å². The Morgan fingerprint density at radius 1 is 0.750 bits per heavy atom. The third kappa shape index (κ3) is 10.3. The second-order valence-corrected chi connectivity index (χ2v) is 0. The van der Waals surface area contributed by atoms with Gasteiger partial charge in [-0.05, 0) is 0 Å². The minimum absolute atomic E-state index is 0. The Kier molecular flexibility index (Phi) is 396. The molecule has 0 fully saturated rings. The molecule has 0 rings (SSSR count). The van der Waals surface area contributed by atoms with Gasteiger partial charge in [-0.3, -0.25) is 0 Å². The Hall–Kier alpha value is 1.31. The van der Waals surface area contributed by atoms with E-state index in [9.17, 15) is 0 Å². The molecule has 0 aromatic rings. The van der Waals surface area contributed by atoms with E-state index in [0.717, 1.165) is 0 Å². The van der Waals surface area contributed by atoms with E-state index in [2.05, 4.69) is 0 Å². The van der Waals surface area contributed by atoms with Crippen LogP contribution >= 0.6 is 0 Å². The van der Waals surface area contributed by atoms with Crippen LogP contribution in [0, 0.1) is 0 Å². The summed E-state index contributed by atoms with van der Waals surface area (Å²) >= 11 is 0. The standard InChI is InChI=1S/Co.2O.Zr/q;2*-2;+4. The first-order chi connectivity index (χ1) is 0. The molecule has 0 unspecified atom stereocenters. The van der Waals surface area contributed by atoms with E-state index >= 15 is 0 Å². The first kappa shape index (κ1) is 57.5. The van der Waals surface area contributed by atoms with Gasteiger partial charge in [0.1, 0.15) is 0 Å². The smallest absolute Gasteiger partial charge is 2.00 e. The summed E-state index contributed by atoms with van der Waals surface area (Å²) in [7, 11) is 0. The molecule has 25 valence electrons. The summed E-state index contributed by atoms with van der Waals surface area (Å²) < 4.78 is 0. The molecule has 0 atom stereocenters. The third-order valence-corrected chi connectivity index (χ3v) is 0. The van der Waals surface area contributed by atoms with Crippen LogP contribution in [0.25, 0.3) is 0 Å². The molecule has 1 radical (unpaired) electrons. The maximum atomic E-state index is 0. The van der Waals surface area contributed by atoms with Crippen molar-refractivity contribution in [1.82, 2.24) is 0 Å². The van der Waals surface area contributed by atoms with Gasteiger partial charge in [-0.15, -0.1) is 0 Å². The van der Waals surface area contributed by atoms with Crippen LogP contribution in [0.5, 0.6) is 0 Å². The first-order valence-corrected chi connectivity index (χ1v) is 0. The van der Waals surface area contributed by atoms with Gasteiger partial charge in [-0.2, -0.15) is 0 Å². The molecular weight excluding hydrogens is 182 g/mol. The van der Waals surface area contributed by atoms with Crippen molar-refractivity contribution in [3.63, 3.8) is 0 Å². The van der Waals surface area contributed by atoms with E-state index in [1.165, 1.54) is 0 Å². The van der Waals surface area contributed by atoms with Crippen LogP contribution in [0.3, 0.4) is 0 Å². The van der Waals surface area contributed by atoms with Gasteiger partial charge in [0.15, 0.2) is 0 Å². The van der Waals surface area contributed by atoms with Gasteiger partial charge in [0.2, 0.25) is 0 Å². The maximum absolute atomic E-state index is 0. The van der Waals surface area contributed by atoms with Gasteiger partial charge >= 0.3 is 26.2 Å². The zero-order valence-corrected chi connectivity index (χ0v) is 5.15. The molecule has 0 amide bonds. The second kappa shape index (κ2) is 27.5. The Bertz CT molecular complexity index is 6.00. The molecule has 0 aliphatic rings. The summed E-state index contributed by atoms with van der Waals surface area (Å²) in [6.45, 7) is 0. The van der Waals surface area contributed by atoms with Crippen LogP contribution in [-0.4, -0.2) is 0 Å². The van der Waals surface area contributed by atoms with E-state index < -0.39 is 0 Å². The Morgan fingerprint density at radius 2 is 0.750 bits per heavy atom. The second-order valence-electron chi connectivity index (χ2n) is 0. The predicted octanol–water partition coefficient (Wildman–Crippen LogP) is -0.243. The maximum Gasteiger partial charge on any atom is 4.00 e. The van der Waals surface area contributed by atoms with E-state index in [-0.39, 0.29) is 53.9 Å². The van der Waals surface area contributed by atoms with Crippen molar-refractivity contribution in [2.75, 3.05) is 0 Å². The molecule has 0 spiro atoms. The predicted molar refractivity (Wildman–Crippen MR) is 1.37 cm³/mol. The summed E-state index contributed by atoms with van der Waals surface area (Å²) in [5.41, 5.74) is 0. The zero-order valence-electron chi connectivity index (χ0n) is 1.65. The van der Waals surface area contributed by atoms with Gasteiger partial charge in [-0.1, -0.05) is 0 Å². The van der Waals surface area contributed by atoms with Crippen LogP contribution in [0.2, 0.25) is 0 Å². The number of hydrogen-bond acceptors (Lipinski definition) is 0. The van der Waals surface area contributed by atoms with Gasteiger partial charge in [0.25, 0.3) is 0 Å². The van der Waals surface area contributed by atoms with Crippen molar-refractivity contribution in [3.05, 3.63) is 0 Å². The quantitative estimate of drug-likeness (QED) is 0.496. The number of rotatable bonds is 0. The molecule has 0 N–H and O–H groups in total. The molecule has 4 heavy (non-hydrogen) atoms. The largest absolute Gasteiger partial charge is 4.00 e. The summed E-state index contributed by atoms with van der Waals surface area (Å²) in [5.74, 6) is 0. The SMILES string of the molecule is [Co].[O-2].[O-2].[Zr+4]. The van der Waals surface area contributed by atoms with Crippen LogP contribution in [0.15, 0.2) is 0 Å². The van der Waals surface area contributed by atoms with Gasteiger partial charge in [0, 0.05) is 16.8 Å². The zero-order chi connectivity index (χ0) is 0. The topological polar surface area (TPSA) is 57.0 Å². The van der Waals surface area contributed by atoms with Crippen molar-refractivity contribution in [2.45, 2.75) is 0 Å². The van der Waals surface area contributed by atoms with Crippen molar-refractivity contribution in [1.29, 1.82) is 0 Å². The van der Waals surface area contributed by atoms with E-state index in [1.54, 1.807) is 0 Å². The van der Waals surface area contributed by atoms with Gasteiger partial charge in [0.05, 0.1) is 0 Å². The Balaban J connectivity index is 0. The first-order valence-electron chi connectivity index (χ1n) is 0. The average molecular weight is 182 g/mol. The minimum Gasteiger partial charge on any atom is -2.00 e. The molecule has 0 saturated heterocycles. The molecule has 4 heteroatoms. The van der Waals surface area contributed by atoms with Crippen molar-refractivity contribution in [3.8, 4) is 0 Å². The molecule has 0 aromatic heterocycles. The van der Waals surface area contributed by atoms with Crippen molar-refractivity contribution in [2.24, 2.45) is 0 Å². The Morgan fingerprint density at radius 3 is 0.750 bits per heavy atom. The molecule has 0 aliphatic carbocycles. The molecule has 0 aliphatic heterocycles. The minimum atomic E-state index is 0. The van der Waals surface area contributed by atoms with Crippen molar-refractivity contribution < 1.29 is 53.9 Å². The summed E-state index contributed by atoms with van der Waals surface area (Å²) in [5, 5.41) is 0. The third-order valence-electron chi connectivity index (χ3n) is 0. The fourth-order valence-corrected chi connectivity index (χ4v) is 0. The number of hydrogen-bond donors (Lipinski definition) is 0. The monoisotopic (exact) mass is 181 g/mol. The summed E-state index contributed by atoms with van der Waals surface area (Å²) in [6.07, 6.45) is 0. The molecule has 0 saturated carbocycles. The molecule has 0 aromatic carbocycles. The molecule has 0 heterocycles. The average Bonchev–Trinajstić information content (AvgIpc) is 0. The molecular formula is CoO2Zr. The van der Waals surface area contributed by atoms with E-state index in [1.807, 2.05) is 0 Å². The van der Waals surface area contributed by atoms with Crippen LogP contribution < -0.4 is 0 Å². The summed E-state index contributed by atoms with van der Waals surface area (Å²) in [6, 6.07) is 0. The van der Waals surface area contributed by atoms with Crippen LogP contribution in [-0.2, 0) is 53.9 Å². The molecule has 2 nitrogen and oxygen atoms in total. The fraction of sp³-hybridized carbons (Fsp3) is 0.